The summed E-state index contributed by atoms with van der Waals surface area (Å²) in [7, 11) is -4.33. The van der Waals surface area contributed by atoms with E-state index in [0.29, 0.717) is 17.7 Å². The topological polar surface area (TPSA) is 109 Å². The van der Waals surface area contributed by atoms with Crippen molar-refractivity contribution in [2.75, 3.05) is 4.72 Å². The summed E-state index contributed by atoms with van der Waals surface area (Å²) in [5.74, 6) is -4.18. The normalized spacial score (nSPS) is 11.3. The van der Waals surface area contributed by atoms with Crippen molar-refractivity contribution >= 4 is 21.7 Å². The average molecular weight is 419 g/mol. The van der Waals surface area contributed by atoms with E-state index >= 15 is 0 Å². The number of carboxylic acids is 1. The fraction of sp³-hybridized carbons (Fsp3) is 0.105. The van der Waals surface area contributed by atoms with Crippen molar-refractivity contribution in [3.63, 3.8) is 0 Å². The lowest BCUT2D eigenvalue weighted by Gasteiger charge is -2.10. The van der Waals surface area contributed by atoms with Gasteiger partial charge < -0.3 is 5.11 Å². The van der Waals surface area contributed by atoms with E-state index in [9.17, 15) is 22.0 Å². The van der Waals surface area contributed by atoms with Crippen LogP contribution < -0.4 is 4.72 Å². The number of pyridine rings is 2. The molecule has 0 amide bonds. The van der Waals surface area contributed by atoms with Crippen LogP contribution in [0.3, 0.4) is 0 Å². The highest BCUT2D eigenvalue weighted by Gasteiger charge is 2.21. The Morgan fingerprint density at radius 1 is 1.00 bits per heavy atom. The van der Waals surface area contributed by atoms with Crippen LogP contribution in [0.25, 0.3) is 11.1 Å². The van der Waals surface area contributed by atoms with Gasteiger partial charge in [0.05, 0.1) is 11.3 Å². The monoisotopic (exact) mass is 419 g/mol. The van der Waals surface area contributed by atoms with Crippen LogP contribution in [0.2, 0.25) is 0 Å². The number of rotatable bonds is 5. The Balaban J connectivity index is 1.90. The molecule has 3 aromatic rings. The van der Waals surface area contributed by atoms with Crippen molar-refractivity contribution < 1.29 is 27.1 Å². The van der Waals surface area contributed by atoms with Crippen molar-refractivity contribution in [2.45, 2.75) is 18.9 Å². The van der Waals surface area contributed by atoms with E-state index in [0.717, 1.165) is 17.0 Å². The summed E-state index contributed by atoms with van der Waals surface area (Å²) in [5, 5.41) is 8.38. The van der Waals surface area contributed by atoms with Crippen LogP contribution in [0, 0.1) is 25.5 Å². The molecule has 0 radical (unpaired) electrons. The lowest BCUT2D eigenvalue weighted by atomic mass is 10.1. The van der Waals surface area contributed by atoms with Gasteiger partial charge in [-0.15, -0.1) is 0 Å². The third-order valence-electron chi connectivity index (χ3n) is 3.96. The van der Waals surface area contributed by atoms with E-state index in [1.165, 1.54) is 18.3 Å². The van der Waals surface area contributed by atoms with E-state index in [1.807, 2.05) is 30.7 Å². The number of carboxylic acid groups (broad SMARTS) is 1. The quantitative estimate of drug-likeness (QED) is 0.655. The second kappa shape index (κ2) is 7.55. The minimum atomic E-state index is -4.33. The van der Waals surface area contributed by atoms with Gasteiger partial charge >= 0.3 is 5.97 Å². The number of nitrogens with one attached hydrogen (secondary N) is 1. The van der Waals surface area contributed by atoms with Gasteiger partial charge in [-0.2, -0.15) is 8.42 Å². The molecule has 7 nitrogen and oxygen atoms in total. The number of sulfonamides is 1. The van der Waals surface area contributed by atoms with E-state index < -0.39 is 43.9 Å². The molecule has 3 rings (SSSR count). The van der Waals surface area contributed by atoms with E-state index in [4.69, 9.17) is 5.11 Å². The number of hydrogen-bond donors (Lipinski definition) is 2. The Morgan fingerprint density at radius 3 is 2.21 bits per heavy atom. The van der Waals surface area contributed by atoms with Crippen molar-refractivity contribution in [3.05, 3.63) is 71.2 Å². The fourth-order valence-corrected chi connectivity index (χ4v) is 3.69. The summed E-state index contributed by atoms with van der Waals surface area (Å²) in [6.07, 6.45) is 1.34. The third kappa shape index (κ3) is 4.37. The van der Waals surface area contributed by atoms with Crippen LogP contribution in [0.5, 0.6) is 0 Å². The SMILES string of the molecule is Cc1cc(-c2ccc(S(=O)(=O)Nc3cc(F)c(C(=O)O)cc3F)nc2)cc(C)n1. The Hall–Kier alpha value is -3.40. The Kier molecular flexibility index (Phi) is 5.29. The summed E-state index contributed by atoms with van der Waals surface area (Å²) in [4.78, 5) is 19.0. The van der Waals surface area contributed by atoms with Crippen LogP contribution in [-0.2, 0) is 10.0 Å². The fourth-order valence-electron chi connectivity index (χ4n) is 2.70. The van der Waals surface area contributed by atoms with Crippen LogP contribution >= 0.6 is 0 Å². The zero-order chi connectivity index (χ0) is 21.3. The molecule has 0 aliphatic heterocycles. The first-order valence-corrected chi connectivity index (χ1v) is 9.72. The van der Waals surface area contributed by atoms with Crippen molar-refractivity contribution in [1.29, 1.82) is 0 Å². The van der Waals surface area contributed by atoms with Gasteiger partial charge in [0.15, 0.2) is 5.03 Å². The van der Waals surface area contributed by atoms with Gasteiger partial charge in [0, 0.05) is 29.2 Å². The second-order valence-electron chi connectivity index (χ2n) is 6.25. The molecule has 29 heavy (non-hydrogen) atoms. The molecule has 0 atom stereocenters. The summed E-state index contributed by atoms with van der Waals surface area (Å²) >= 11 is 0. The Morgan fingerprint density at radius 2 is 1.66 bits per heavy atom. The average Bonchev–Trinajstić information content (AvgIpc) is 2.63. The van der Waals surface area contributed by atoms with E-state index in [2.05, 4.69) is 9.97 Å². The molecule has 150 valence electrons. The number of hydrogen-bond acceptors (Lipinski definition) is 5. The molecule has 0 aliphatic rings. The van der Waals surface area contributed by atoms with Crippen LogP contribution in [-0.4, -0.2) is 29.5 Å². The molecule has 0 saturated heterocycles. The number of carbonyl (C=O) groups is 1. The first kappa shape index (κ1) is 20.3. The smallest absolute Gasteiger partial charge is 0.338 e. The Bertz CT molecular complexity index is 1190. The molecular formula is C19H15F2N3O4S. The molecule has 0 fully saturated rings. The number of anilines is 1. The Labute approximate surface area is 165 Å². The molecule has 0 spiro atoms. The van der Waals surface area contributed by atoms with Crippen LogP contribution in [0.15, 0.2) is 47.6 Å². The maximum absolute atomic E-state index is 14.0. The molecule has 2 aromatic heterocycles. The third-order valence-corrected chi connectivity index (χ3v) is 5.24. The molecule has 1 aromatic carbocycles. The van der Waals surface area contributed by atoms with Crippen molar-refractivity contribution in [2.24, 2.45) is 0 Å². The maximum atomic E-state index is 14.0. The zero-order valence-corrected chi connectivity index (χ0v) is 16.1. The van der Waals surface area contributed by atoms with Crippen LogP contribution in [0.1, 0.15) is 21.7 Å². The lowest BCUT2D eigenvalue weighted by molar-refractivity contribution is 0.0691. The van der Waals surface area contributed by atoms with E-state index in [-0.39, 0.29) is 0 Å². The first-order valence-electron chi connectivity index (χ1n) is 8.24. The standard InChI is InChI=1S/C19H15F2N3O4S/c1-10-5-13(6-11(2)23-10)12-3-4-18(22-9-12)29(27,28)24-17-8-15(20)14(19(25)26)7-16(17)21/h3-9,24H,1-2H3,(H,25,26). The molecule has 0 saturated carbocycles. The molecule has 0 aliphatic carbocycles. The summed E-state index contributed by atoms with van der Waals surface area (Å²) in [6.45, 7) is 3.66. The largest absolute Gasteiger partial charge is 0.478 e. The van der Waals surface area contributed by atoms with Gasteiger partial charge in [-0.25, -0.2) is 18.6 Å². The zero-order valence-electron chi connectivity index (χ0n) is 15.3. The number of halogens is 2. The molecular weight excluding hydrogens is 404 g/mol. The predicted molar refractivity (Wildman–Crippen MR) is 101 cm³/mol. The predicted octanol–water partition coefficient (Wildman–Crippen LogP) is 3.54. The highest BCUT2D eigenvalue weighted by molar-refractivity contribution is 7.92. The summed E-state index contributed by atoms with van der Waals surface area (Å²) < 4.78 is 54.6. The van der Waals surface area contributed by atoms with Gasteiger partial charge in [0.2, 0.25) is 0 Å². The number of benzene rings is 1. The van der Waals surface area contributed by atoms with E-state index in [1.54, 1.807) is 0 Å². The number of aromatic nitrogens is 2. The van der Waals surface area contributed by atoms with Gasteiger partial charge in [-0.05, 0) is 49.7 Å². The highest BCUT2D eigenvalue weighted by atomic mass is 32.2. The maximum Gasteiger partial charge on any atom is 0.338 e. The van der Waals surface area contributed by atoms with Crippen LogP contribution in [0.4, 0.5) is 14.5 Å². The van der Waals surface area contributed by atoms with Gasteiger partial charge in [-0.3, -0.25) is 9.71 Å². The first-order chi connectivity index (χ1) is 13.6. The van der Waals surface area contributed by atoms with Gasteiger partial charge in [-0.1, -0.05) is 0 Å². The molecule has 0 unspecified atom stereocenters. The molecule has 0 bridgehead atoms. The lowest BCUT2D eigenvalue weighted by Crippen LogP contribution is -2.16. The second-order valence-corrected chi connectivity index (χ2v) is 7.88. The number of nitrogens with zero attached hydrogens (tertiary/aromatic N) is 2. The van der Waals surface area contributed by atoms with Crippen molar-refractivity contribution in [1.82, 2.24) is 9.97 Å². The van der Waals surface area contributed by atoms with Gasteiger partial charge in [0.25, 0.3) is 10.0 Å². The minimum Gasteiger partial charge on any atom is -0.478 e. The van der Waals surface area contributed by atoms with Crippen molar-refractivity contribution in [3.8, 4) is 11.1 Å². The number of aryl methyl sites for hydroxylation is 2. The number of aromatic carboxylic acids is 1. The summed E-state index contributed by atoms with van der Waals surface area (Å²) in [5.41, 5.74) is 1.41. The minimum absolute atomic E-state index is 0.403. The highest BCUT2D eigenvalue weighted by Crippen LogP contribution is 2.24. The molecule has 2 N–H and O–H groups in total. The molecule has 2 heterocycles. The summed E-state index contributed by atoms with van der Waals surface area (Å²) in [6, 6.07) is 7.26. The van der Waals surface area contributed by atoms with Gasteiger partial charge in [0.1, 0.15) is 11.6 Å². The molecule has 10 heteroatoms.